The number of carbonyl (C=O) groups excluding carboxylic acids is 2. The summed E-state index contributed by atoms with van der Waals surface area (Å²) < 4.78 is 4.01. The van der Waals surface area contributed by atoms with Gasteiger partial charge >= 0.3 is 23.9 Å². The van der Waals surface area contributed by atoms with Crippen molar-refractivity contribution in [2.45, 2.75) is 18.4 Å². The number of carboxylic acid groups (broad SMARTS) is 2. The molecule has 0 aromatic heterocycles. The van der Waals surface area contributed by atoms with E-state index in [2.05, 4.69) is 11.3 Å². The second kappa shape index (κ2) is 7.14. The van der Waals surface area contributed by atoms with Gasteiger partial charge in [-0.05, 0) is 0 Å². The Kier molecular flexibility index (Phi) is 7.19. The molecule has 0 aliphatic carbocycles. The summed E-state index contributed by atoms with van der Waals surface area (Å²) in [7, 11) is 0. The number of rotatable bonds is 6. The van der Waals surface area contributed by atoms with E-state index >= 15 is 0 Å². The summed E-state index contributed by atoms with van der Waals surface area (Å²) in [5.74, 6) is -6.00. The summed E-state index contributed by atoms with van der Waals surface area (Å²) in [5.41, 5.74) is -2.82. The molecule has 0 fully saturated rings. The highest BCUT2D eigenvalue weighted by Gasteiger charge is 2.41. The molecule has 0 aromatic rings. The Morgan fingerprint density at radius 1 is 1.17 bits per heavy atom. The van der Waals surface area contributed by atoms with E-state index in [1.807, 2.05) is 0 Å². The largest absolute Gasteiger partial charge is 0.481 e. The lowest BCUT2D eigenvalue weighted by molar-refractivity contribution is -0.173. The smallest absolute Gasteiger partial charge is 0.337 e. The van der Waals surface area contributed by atoms with E-state index in [1.165, 1.54) is 0 Å². The van der Waals surface area contributed by atoms with Gasteiger partial charge in [0, 0.05) is 6.08 Å². The highest BCUT2D eigenvalue weighted by Crippen LogP contribution is 2.17. The topological polar surface area (TPSA) is 170 Å². The van der Waals surface area contributed by atoms with E-state index in [4.69, 9.17) is 10.2 Å². The third-order valence-electron chi connectivity index (χ3n) is 1.66. The molecule has 0 bridgehead atoms. The first-order valence-electron chi connectivity index (χ1n) is 4.26. The number of hydrogen-bond acceptors (Lipinski definition) is 6. The van der Waals surface area contributed by atoms with Crippen LogP contribution in [0.4, 0.5) is 0 Å². The zero-order valence-electron chi connectivity index (χ0n) is 9.08. The maximum absolute atomic E-state index is 11.0. The summed E-state index contributed by atoms with van der Waals surface area (Å²) in [6.45, 7) is 2.99. The van der Waals surface area contributed by atoms with Gasteiger partial charge < -0.3 is 25.5 Å². The number of carboxylic acids is 2. The first kappa shape index (κ1) is 18.1. The third-order valence-corrected chi connectivity index (χ3v) is 1.66. The number of hydrogen-bond donors (Lipinski definition) is 3. The fraction of sp³-hybridized carbons (Fsp3) is 0.333. The molecule has 9 heteroatoms. The number of aliphatic carboxylic acids is 2. The molecule has 0 spiro atoms. The molecule has 18 heavy (non-hydrogen) atoms. The first-order chi connectivity index (χ1) is 7.71. The predicted octanol–water partition coefficient (Wildman–Crippen LogP) is -1.90. The predicted molar refractivity (Wildman–Crippen MR) is 54.4 cm³/mol. The molecule has 0 saturated carbocycles. The lowest BCUT2D eigenvalue weighted by Crippen LogP contribution is -2.43. The van der Waals surface area contributed by atoms with Gasteiger partial charge in [0.15, 0.2) is 5.60 Å². The van der Waals surface area contributed by atoms with Gasteiger partial charge in [0.2, 0.25) is 0 Å². The number of ether oxygens (including phenoxy) is 1. The highest BCUT2D eigenvalue weighted by atomic mass is 16.6. The molecule has 0 amide bonds. The maximum Gasteiger partial charge on any atom is 0.337 e. The Labute approximate surface area is 101 Å². The Morgan fingerprint density at radius 3 is 2.00 bits per heavy atom. The second-order valence-corrected chi connectivity index (χ2v) is 3.08. The minimum Gasteiger partial charge on any atom is -0.481 e. The highest BCUT2D eigenvalue weighted by molar-refractivity contribution is 5.95. The van der Waals surface area contributed by atoms with Crippen LogP contribution in [0.3, 0.4) is 0 Å². The van der Waals surface area contributed by atoms with Crippen molar-refractivity contribution < 1.29 is 44.7 Å². The molecule has 1 unspecified atom stereocenters. The van der Waals surface area contributed by atoms with Gasteiger partial charge in [0.25, 0.3) is 0 Å². The Morgan fingerprint density at radius 2 is 1.67 bits per heavy atom. The van der Waals surface area contributed by atoms with Crippen LogP contribution in [-0.4, -0.2) is 50.3 Å². The van der Waals surface area contributed by atoms with Crippen LogP contribution in [0.25, 0.3) is 0 Å². The standard InChI is InChI=1S/C9H10O8.H2O/c1-2-6(12)17-7(13)4-9(16,8(14)15)3-5(10)11;/h2,16H,1,3-4H2,(H,10,11)(H,14,15);1H2. The quantitative estimate of drug-likeness (QED) is 0.283. The molecule has 0 saturated heterocycles. The fourth-order valence-electron chi connectivity index (χ4n) is 0.893. The molecule has 102 valence electrons. The van der Waals surface area contributed by atoms with Crippen molar-refractivity contribution in [1.82, 2.24) is 0 Å². The van der Waals surface area contributed by atoms with Gasteiger partial charge in [0.1, 0.15) is 0 Å². The van der Waals surface area contributed by atoms with E-state index in [9.17, 15) is 24.3 Å². The summed E-state index contributed by atoms with van der Waals surface area (Å²) in [4.78, 5) is 42.5. The minimum atomic E-state index is -2.82. The molecule has 0 radical (unpaired) electrons. The first-order valence-corrected chi connectivity index (χ1v) is 4.26. The summed E-state index contributed by atoms with van der Waals surface area (Å²) in [6.07, 6.45) is -1.69. The molecular weight excluding hydrogens is 252 g/mol. The van der Waals surface area contributed by atoms with Crippen molar-refractivity contribution in [1.29, 1.82) is 0 Å². The van der Waals surface area contributed by atoms with Crippen molar-refractivity contribution in [2.24, 2.45) is 0 Å². The lowest BCUT2D eigenvalue weighted by atomic mass is 9.96. The normalized spacial score (nSPS) is 12.5. The van der Waals surface area contributed by atoms with Gasteiger partial charge in [-0.25, -0.2) is 9.59 Å². The number of carbonyl (C=O) groups is 4. The zero-order valence-corrected chi connectivity index (χ0v) is 9.08. The summed E-state index contributed by atoms with van der Waals surface area (Å²) >= 11 is 0. The fourth-order valence-corrected chi connectivity index (χ4v) is 0.893. The Bertz CT molecular complexity index is 372. The number of aliphatic hydroxyl groups is 1. The van der Waals surface area contributed by atoms with Gasteiger partial charge in [-0.3, -0.25) is 9.59 Å². The van der Waals surface area contributed by atoms with Gasteiger partial charge in [0.05, 0.1) is 12.8 Å². The van der Waals surface area contributed by atoms with Crippen molar-refractivity contribution in [3.05, 3.63) is 12.7 Å². The average Bonchev–Trinajstić information content (AvgIpc) is 2.15. The van der Waals surface area contributed by atoms with Crippen LogP contribution in [0.5, 0.6) is 0 Å². The number of esters is 2. The van der Waals surface area contributed by atoms with Crippen molar-refractivity contribution >= 4 is 23.9 Å². The lowest BCUT2D eigenvalue weighted by Gasteiger charge is -2.19. The van der Waals surface area contributed by atoms with Crippen LogP contribution in [0.2, 0.25) is 0 Å². The zero-order chi connectivity index (χ0) is 13.6. The average molecular weight is 264 g/mol. The van der Waals surface area contributed by atoms with Crippen LogP contribution in [0.15, 0.2) is 12.7 Å². The van der Waals surface area contributed by atoms with E-state index in [0.717, 1.165) is 0 Å². The molecule has 0 aliphatic rings. The second-order valence-electron chi connectivity index (χ2n) is 3.08. The van der Waals surface area contributed by atoms with Crippen molar-refractivity contribution in [3.8, 4) is 0 Å². The third kappa shape index (κ3) is 5.72. The van der Waals surface area contributed by atoms with Crippen LogP contribution < -0.4 is 0 Å². The van der Waals surface area contributed by atoms with E-state index < -0.39 is 42.3 Å². The molecule has 9 nitrogen and oxygen atoms in total. The maximum atomic E-state index is 11.0. The monoisotopic (exact) mass is 264 g/mol. The molecular formula is C9H12O9. The van der Waals surface area contributed by atoms with Gasteiger partial charge in [-0.15, -0.1) is 0 Å². The van der Waals surface area contributed by atoms with Crippen LogP contribution in [-0.2, 0) is 23.9 Å². The van der Waals surface area contributed by atoms with Crippen molar-refractivity contribution in [2.75, 3.05) is 0 Å². The van der Waals surface area contributed by atoms with Gasteiger partial charge in [-0.1, -0.05) is 6.58 Å². The molecule has 0 aliphatic heterocycles. The van der Waals surface area contributed by atoms with Gasteiger partial charge in [-0.2, -0.15) is 0 Å². The van der Waals surface area contributed by atoms with E-state index in [0.29, 0.717) is 6.08 Å². The Balaban J connectivity index is 0. The molecule has 0 heterocycles. The van der Waals surface area contributed by atoms with Crippen LogP contribution in [0.1, 0.15) is 12.8 Å². The van der Waals surface area contributed by atoms with Crippen molar-refractivity contribution in [3.63, 3.8) is 0 Å². The molecule has 1 atom stereocenters. The summed E-state index contributed by atoms with van der Waals surface area (Å²) in [6, 6.07) is 0. The SMILES string of the molecule is C=CC(=O)OC(=O)CC(O)(CC(=O)O)C(=O)O.O. The van der Waals surface area contributed by atoms with E-state index in [1.54, 1.807) is 0 Å². The van der Waals surface area contributed by atoms with Crippen LogP contribution >= 0.6 is 0 Å². The van der Waals surface area contributed by atoms with Crippen LogP contribution in [0, 0.1) is 0 Å². The molecule has 5 N–H and O–H groups in total. The Hall–Kier alpha value is -2.26. The summed E-state index contributed by atoms with van der Waals surface area (Å²) in [5, 5.41) is 26.4. The molecule has 0 aromatic carbocycles. The van der Waals surface area contributed by atoms with E-state index in [-0.39, 0.29) is 5.48 Å². The molecule has 0 rings (SSSR count). The minimum absolute atomic E-state index is 0.